The standard InChI is InChI=1S/C16H19N5O8/c1-7(17)27-15(23)13-16(24,29-8(2)22)5-11(28-13)10-6-20(21(25)26)14(18)9-3-4-19-12(9)10/h3-4,6,11,13,15,17,23-24H,5,18H2,1-2H3/t11-,13+,15?,16+/m0/s1. The predicted molar refractivity (Wildman–Crippen MR) is 95.1 cm³/mol. The fourth-order valence-corrected chi connectivity index (χ4v) is 3.31. The van der Waals surface area contributed by atoms with Gasteiger partial charge in [0, 0.05) is 37.6 Å². The van der Waals surface area contributed by atoms with E-state index in [9.17, 15) is 25.1 Å². The van der Waals surface area contributed by atoms with Gasteiger partial charge in [0.05, 0.1) is 18.0 Å². The summed E-state index contributed by atoms with van der Waals surface area (Å²) >= 11 is 0. The Hall–Kier alpha value is -3.29. The lowest BCUT2D eigenvalue weighted by Crippen LogP contribution is -2.49. The van der Waals surface area contributed by atoms with E-state index >= 15 is 0 Å². The summed E-state index contributed by atoms with van der Waals surface area (Å²) in [6.45, 7) is 2.30. The van der Waals surface area contributed by atoms with Crippen LogP contribution in [0.25, 0.3) is 11.3 Å². The van der Waals surface area contributed by atoms with Gasteiger partial charge < -0.3 is 30.2 Å². The van der Waals surface area contributed by atoms with E-state index in [-0.39, 0.29) is 35.0 Å². The van der Waals surface area contributed by atoms with Gasteiger partial charge >= 0.3 is 5.97 Å². The molecule has 4 atom stereocenters. The van der Waals surface area contributed by atoms with E-state index in [1.807, 2.05) is 0 Å². The van der Waals surface area contributed by atoms with Crippen molar-refractivity contribution in [2.24, 2.45) is 0 Å². The molecule has 0 bridgehead atoms. The number of carbonyl (C=O) groups excluding carboxylic acids is 1. The number of aliphatic hydroxyl groups is 2. The highest BCUT2D eigenvalue weighted by Crippen LogP contribution is 2.45. The van der Waals surface area contributed by atoms with E-state index < -0.39 is 35.3 Å². The van der Waals surface area contributed by atoms with Crippen LogP contribution in [-0.4, -0.2) is 55.0 Å². The van der Waals surface area contributed by atoms with Crippen molar-refractivity contribution in [2.75, 3.05) is 5.73 Å². The summed E-state index contributed by atoms with van der Waals surface area (Å²) in [5.74, 6) is -3.69. The molecule has 5 N–H and O–H groups in total. The first kappa shape index (κ1) is 20.4. The van der Waals surface area contributed by atoms with Gasteiger partial charge in [-0.25, -0.2) is 10.1 Å². The zero-order valence-electron chi connectivity index (χ0n) is 15.4. The number of aromatic nitrogens is 2. The summed E-state index contributed by atoms with van der Waals surface area (Å²) in [4.78, 5) is 27.0. The zero-order valence-corrected chi connectivity index (χ0v) is 15.4. The number of pyridine rings is 1. The Morgan fingerprint density at radius 2 is 2.28 bits per heavy atom. The largest absolute Gasteiger partial charge is 0.450 e. The van der Waals surface area contributed by atoms with Crippen molar-refractivity contribution in [2.45, 2.75) is 44.6 Å². The minimum Gasteiger partial charge on any atom is -0.450 e. The Kier molecular flexibility index (Phi) is 5.13. The third kappa shape index (κ3) is 3.70. The third-order valence-corrected chi connectivity index (χ3v) is 4.39. The summed E-state index contributed by atoms with van der Waals surface area (Å²) in [5.41, 5.74) is 6.58. The Morgan fingerprint density at radius 1 is 1.59 bits per heavy atom. The summed E-state index contributed by atoms with van der Waals surface area (Å²) < 4.78 is 16.1. The first-order valence-electron chi connectivity index (χ1n) is 8.41. The van der Waals surface area contributed by atoms with E-state index in [4.69, 9.17) is 25.4 Å². The molecule has 0 saturated carbocycles. The molecule has 0 radical (unpaired) electrons. The van der Waals surface area contributed by atoms with E-state index in [0.29, 0.717) is 4.68 Å². The molecule has 1 unspecified atom stereocenters. The van der Waals surface area contributed by atoms with Crippen LogP contribution < -0.4 is 5.73 Å². The molecule has 3 aliphatic rings. The third-order valence-electron chi connectivity index (χ3n) is 4.39. The minimum atomic E-state index is -2.31. The minimum absolute atomic E-state index is 0.154. The molecule has 13 heteroatoms. The number of nitro groups is 1. The quantitative estimate of drug-likeness (QED) is 0.130. The normalized spacial score (nSPS) is 25.0. The second-order valence-corrected chi connectivity index (χ2v) is 6.51. The van der Waals surface area contributed by atoms with Crippen molar-refractivity contribution < 1.29 is 34.3 Å². The molecule has 156 valence electrons. The van der Waals surface area contributed by atoms with E-state index in [2.05, 4.69) is 4.98 Å². The number of ether oxygens (including phenoxy) is 3. The SMILES string of the molecule is CC(=N)OC(O)[C@H]1O[C@H](c2cn([N+](=O)[O-])c(N)c3ccnc2-3)C[C@@]1(O)OC(C)=O. The maximum Gasteiger partial charge on any atom is 0.305 e. The van der Waals surface area contributed by atoms with Crippen molar-refractivity contribution in [3.05, 3.63) is 34.1 Å². The summed E-state index contributed by atoms with van der Waals surface area (Å²) in [7, 11) is 0. The Labute approximate surface area is 163 Å². The highest BCUT2D eigenvalue weighted by Gasteiger charge is 2.56. The van der Waals surface area contributed by atoms with Crippen LogP contribution in [0.3, 0.4) is 0 Å². The monoisotopic (exact) mass is 409 g/mol. The molecular formula is C16H19N5O8. The first-order valence-corrected chi connectivity index (χ1v) is 8.41. The molecular weight excluding hydrogens is 390 g/mol. The maximum atomic E-state index is 11.5. The number of nitrogens with two attached hydrogens (primary N) is 1. The summed E-state index contributed by atoms with van der Waals surface area (Å²) in [6.07, 6.45) is -2.41. The molecule has 0 aromatic heterocycles. The summed E-state index contributed by atoms with van der Waals surface area (Å²) in [6, 6.07) is 1.48. The molecule has 0 aliphatic carbocycles. The van der Waals surface area contributed by atoms with E-state index in [0.717, 1.165) is 13.1 Å². The van der Waals surface area contributed by atoms with Gasteiger partial charge in [-0.1, -0.05) is 4.68 Å². The molecule has 0 aromatic rings. The van der Waals surface area contributed by atoms with Crippen molar-refractivity contribution in [3.8, 4) is 11.3 Å². The zero-order chi connectivity index (χ0) is 21.5. The lowest BCUT2D eigenvalue weighted by atomic mass is 9.98. The topological polar surface area (TPSA) is 196 Å². The van der Waals surface area contributed by atoms with Crippen LogP contribution in [0.2, 0.25) is 0 Å². The first-order chi connectivity index (χ1) is 13.5. The van der Waals surface area contributed by atoms with Gasteiger partial charge in [0.15, 0.2) is 22.9 Å². The fourth-order valence-electron chi connectivity index (χ4n) is 3.31. The second-order valence-electron chi connectivity index (χ2n) is 6.51. The fraction of sp³-hybridized carbons (Fsp3) is 0.438. The molecule has 0 aromatic carbocycles. The van der Waals surface area contributed by atoms with Crippen LogP contribution in [0.1, 0.15) is 31.9 Å². The number of rotatable bonds is 5. The number of fused-ring (bicyclic) bond motifs is 1. The van der Waals surface area contributed by atoms with Gasteiger partial charge in [-0.2, -0.15) is 0 Å². The highest BCUT2D eigenvalue weighted by atomic mass is 16.7. The number of anilines is 1. The molecule has 1 saturated heterocycles. The van der Waals surface area contributed by atoms with Gasteiger partial charge in [-0.15, -0.1) is 0 Å². The Morgan fingerprint density at radius 3 is 2.86 bits per heavy atom. The molecule has 29 heavy (non-hydrogen) atoms. The van der Waals surface area contributed by atoms with E-state index in [1.165, 1.54) is 19.2 Å². The van der Waals surface area contributed by atoms with Gasteiger partial charge in [0.25, 0.3) is 0 Å². The van der Waals surface area contributed by atoms with Gasteiger partial charge in [0.2, 0.25) is 12.1 Å². The second kappa shape index (κ2) is 7.27. The van der Waals surface area contributed by atoms with Crippen LogP contribution in [0, 0.1) is 15.5 Å². The number of nitrogen functional groups attached to an aromatic ring is 1. The van der Waals surface area contributed by atoms with Crippen molar-refractivity contribution in [1.82, 2.24) is 9.66 Å². The van der Waals surface area contributed by atoms with Crippen LogP contribution in [-0.2, 0) is 19.0 Å². The lowest BCUT2D eigenvalue weighted by Gasteiger charge is -2.30. The molecule has 3 heterocycles. The van der Waals surface area contributed by atoms with Crippen LogP contribution in [0.5, 0.6) is 0 Å². The highest BCUT2D eigenvalue weighted by molar-refractivity contribution is 5.75. The summed E-state index contributed by atoms with van der Waals surface area (Å²) in [5, 5.41) is 39.0. The number of hydrogen-bond acceptors (Lipinski definition) is 11. The number of nitrogens with one attached hydrogen (secondary N) is 1. The molecule has 0 amide bonds. The number of hydrogen-bond donors (Lipinski definition) is 4. The molecule has 3 aliphatic heterocycles. The molecule has 0 spiro atoms. The molecule has 13 nitrogen and oxygen atoms in total. The van der Waals surface area contributed by atoms with Crippen LogP contribution >= 0.6 is 0 Å². The lowest BCUT2D eigenvalue weighted by molar-refractivity contribution is -0.540. The number of aliphatic hydroxyl groups excluding tert-OH is 1. The maximum absolute atomic E-state index is 11.5. The number of nitrogens with zero attached hydrogens (tertiary/aromatic N) is 3. The molecule has 3 rings (SSSR count). The van der Waals surface area contributed by atoms with Crippen molar-refractivity contribution in [3.63, 3.8) is 0 Å². The van der Waals surface area contributed by atoms with Crippen molar-refractivity contribution in [1.29, 1.82) is 5.41 Å². The Balaban J connectivity index is 2.05. The average Bonchev–Trinajstić information content (AvgIpc) is 3.19. The van der Waals surface area contributed by atoms with E-state index in [1.54, 1.807) is 0 Å². The predicted octanol–water partition coefficient (Wildman–Crippen LogP) is 0.0238. The van der Waals surface area contributed by atoms with Gasteiger partial charge in [0.1, 0.15) is 0 Å². The van der Waals surface area contributed by atoms with Crippen LogP contribution in [0.4, 0.5) is 5.82 Å². The number of esters is 1. The average molecular weight is 409 g/mol. The smallest absolute Gasteiger partial charge is 0.305 e. The molecule has 1 fully saturated rings. The van der Waals surface area contributed by atoms with Crippen LogP contribution in [0.15, 0.2) is 18.5 Å². The Bertz CT molecular complexity index is 946. The van der Waals surface area contributed by atoms with Gasteiger partial charge in [-0.3, -0.25) is 15.2 Å². The number of carbonyl (C=O) groups is 1. The van der Waals surface area contributed by atoms with Crippen molar-refractivity contribution >= 4 is 17.7 Å². The van der Waals surface area contributed by atoms with Gasteiger partial charge in [-0.05, 0) is 6.07 Å².